The van der Waals surface area contributed by atoms with E-state index in [0.29, 0.717) is 22.0 Å². The molecule has 1 heterocycles. The maximum absolute atomic E-state index is 14.6. The molecule has 0 saturated heterocycles. The van der Waals surface area contributed by atoms with Crippen molar-refractivity contribution in [3.05, 3.63) is 93.9 Å². The highest BCUT2D eigenvalue weighted by atomic mass is 35.5. The van der Waals surface area contributed by atoms with Crippen LogP contribution in [0.1, 0.15) is 54.0 Å². The van der Waals surface area contributed by atoms with Gasteiger partial charge in [0.15, 0.2) is 0 Å². The number of hydrogen-bond donors (Lipinski definition) is 3. The average molecular weight is 492 g/mol. The molecule has 1 atom stereocenters. The molecular formula is C28H27ClFN3O2. The first-order valence-corrected chi connectivity index (χ1v) is 11.6. The summed E-state index contributed by atoms with van der Waals surface area (Å²) in [4.78, 5) is 16.2. The van der Waals surface area contributed by atoms with Crippen molar-refractivity contribution in [2.45, 2.75) is 39.3 Å². The number of amides is 1. The van der Waals surface area contributed by atoms with Crippen molar-refractivity contribution in [3.8, 4) is 11.1 Å². The molecule has 1 amide bonds. The number of anilines is 1. The van der Waals surface area contributed by atoms with Gasteiger partial charge >= 0.3 is 0 Å². The van der Waals surface area contributed by atoms with E-state index in [1.807, 2.05) is 49.4 Å². The summed E-state index contributed by atoms with van der Waals surface area (Å²) in [5.41, 5.74) is 9.73. The molecule has 0 radical (unpaired) electrons. The summed E-state index contributed by atoms with van der Waals surface area (Å²) in [6.45, 7) is 7.10. The van der Waals surface area contributed by atoms with Crippen LogP contribution in [0.3, 0.4) is 0 Å². The molecule has 4 N–H and O–H groups in total. The normalized spacial score (nSPS) is 12.5. The van der Waals surface area contributed by atoms with E-state index in [9.17, 15) is 14.3 Å². The van der Waals surface area contributed by atoms with E-state index in [-0.39, 0.29) is 5.56 Å². The van der Waals surface area contributed by atoms with Gasteiger partial charge < -0.3 is 16.2 Å². The highest BCUT2D eigenvalue weighted by Gasteiger charge is 2.19. The number of primary amides is 1. The quantitative estimate of drug-likeness (QED) is 0.287. The number of hydrogen-bond acceptors (Lipinski definition) is 4. The van der Waals surface area contributed by atoms with Crippen molar-refractivity contribution in [3.63, 3.8) is 0 Å². The summed E-state index contributed by atoms with van der Waals surface area (Å²) >= 11 is 6.67. The minimum atomic E-state index is -0.925. The molecule has 0 spiro atoms. The summed E-state index contributed by atoms with van der Waals surface area (Å²) in [5.74, 6) is -1.07. The third kappa shape index (κ3) is 4.99. The number of pyridine rings is 1. The number of nitrogens with one attached hydrogen (secondary N) is 1. The van der Waals surface area contributed by atoms with Crippen molar-refractivity contribution < 1.29 is 14.3 Å². The van der Waals surface area contributed by atoms with E-state index in [1.54, 1.807) is 20.8 Å². The second kappa shape index (κ2) is 9.29. The number of rotatable bonds is 6. The molecule has 1 aromatic heterocycles. The maximum Gasteiger partial charge on any atom is 0.248 e. The Bertz CT molecular complexity index is 1430. The fourth-order valence-corrected chi connectivity index (χ4v) is 4.28. The molecule has 4 aromatic rings. The summed E-state index contributed by atoms with van der Waals surface area (Å²) in [6, 6.07) is 17.1. The number of nitrogens with zero attached hydrogens (tertiary/aromatic N) is 1. The lowest BCUT2D eigenvalue weighted by Gasteiger charge is -2.21. The Kier molecular flexibility index (Phi) is 6.54. The Hall–Kier alpha value is -3.48. The van der Waals surface area contributed by atoms with Gasteiger partial charge in [-0.25, -0.2) is 4.39 Å². The van der Waals surface area contributed by atoms with Crippen LogP contribution in [0.25, 0.3) is 22.0 Å². The Morgan fingerprint density at radius 2 is 1.74 bits per heavy atom. The number of halogens is 2. The number of nitrogens with two attached hydrogens (primary N) is 1. The summed E-state index contributed by atoms with van der Waals surface area (Å²) in [6.07, 6.45) is 0. The van der Waals surface area contributed by atoms with Gasteiger partial charge in [0.05, 0.1) is 33.6 Å². The smallest absolute Gasteiger partial charge is 0.248 e. The van der Waals surface area contributed by atoms with Crippen LogP contribution in [0.15, 0.2) is 60.7 Å². The Morgan fingerprint density at radius 1 is 1.09 bits per heavy atom. The largest absolute Gasteiger partial charge is 0.386 e. The average Bonchev–Trinajstić information content (AvgIpc) is 2.81. The lowest BCUT2D eigenvalue weighted by atomic mass is 9.95. The van der Waals surface area contributed by atoms with Gasteiger partial charge in [0.1, 0.15) is 5.82 Å². The predicted molar refractivity (Wildman–Crippen MR) is 139 cm³/mol. The maximum atomic E-state index is 14.6. The van der Waals surface area contributed by atoms with Crippen LogP contribution in [0.5, 0.6) is 0 Å². The van der Waals surface area contributed by atoms with Crippen molar-refractivity contribution in [1.29, 1.82) is 0 Å². The number of aromatic nitrogens is 1. The van der Waals surface area contributed by atoms with Gasteiger partial charge in [0.2, 0.25) is 5.91 Å². The van der Waals surface area contributed by atoms with E-state index < -0.39 is 23.4 Å². The van der Waals surface area contributed by atoms with Crippen LogP contribution in [-0.2, 0) is 5.60 Å². The topological polar surface area (TPSA) is 88.2 Å². The minimum Gasteiger partial charge on any atom is -0.386 e. The van der Waals surface area contributed by atoms with Gasteiger partial charge in [-0.15, -0.1) is 0 Å². The number of aryl methyl sites for hydroxylation is 1. The third-order valence-electron chi connectivity index (χ3n) is 6.12. The van der Waals surface area contributed by atoms with Crippen LogP contribution in [-0.4, -0.2) is 16.0 Å². The van der Waals surface area contributed by atoms with E-state index in [1.165, 1.54) is 18.2 Å². The number of carbonyl (C=O) groups is 1. The summed E-state index contributed by atoms with van der Waals surface area (Å²) < 4.78 is 14.6. The standard InChI is InChI=1S/C28H27ClFN3O2/c1-15(21-14-19(27(31)34)7-11-23(21)30)33-26-22-13-18(8-12-24(22)32-16(2)25(26)29)17-5-9-20(10-6-17)28(3,4)35/h5-15,35H,1-4H3,(H2,31,34)(H,32,33)/t15-/m1/s1. The summed E-state index contributed by atoms with van der Waals surface area (Å²) in [5, 5.41) is 14.8. The van der Waals surface area contributed by atoms with E-state index in [2.05, 4.69) is 10.3 Å². The van der Waals surface area contributed by atoms with Crippen LogP contribution >= 0.6 is 11.6 Å². The predicted octanol–water partition coefficient (Wildman–Crippen LogP) is 6.50. The molecule has 0 saturated carbocycles. The Morgan fingerprint density at radius 3 is 2.37 bits per heavy atom. The molecule has 3 aromatic carbocycles. The molecule has 7 heteroatoms. The highest BCUT2D eigenvalue weighted by Crippen LogP contribution is 2.37. The van der Waals surface area contributed by atoms with Gasteiger partial charge in [0, 0.05) is 16.5 Å². The third-order valence-corrected chi connectivity index (χ3v) is 6.59. The molecule has 4 rings (SSSR count). The number of aliphatic hydroxyl groups is 1. The second-order valence-electron chi connectivity index (χ2n) is 9.22. The van der Waals surface area contributed by atoms with Gasteiger partial charge in [0.25, 0.3) is 0 Å². The van der Waals surface area contributed by atoms with Crippen LogP contribution in [0, 0.1) is 12.7 Å². The fourth-order valence-electron chi connectivity index (χ4n) is 4.08. The number of benzene rings is 3. The van der Waals surface area contributed by atoms with Crippen LogP contribution in [0.2, 0.25) is 5.02 Å². The van der Waals surface area contributed by atoms with Gasteiger partial charge in [-0.3, -0.25) is 9.78 Å². The SMILES string of the molecule is Cc1nc2ccc(-c3ccc(C(C)(C)O)cc3)cc2c(N[C@H](C)c2cc(C(N)=O)ccc2F)c1Cl. The molecule has 0 aliphatic heterocycles. The summed E-state index contributed by atoms with van der Waals surface area (Å²) in [7, 11) is 0. The highest BCUT2D eigenvalue weighted by molar-refractivity contribution is 6.35. The molecule has 0 fully saturated rings. The molecule has 0 unspecified atom stereocenters. The lowest BCUT2D eigenvalue weighted by molar-refractivity contribution is 0.0786. The zero-order valence-corrected chi connectivity index (χ0v) is 20.7. The molecule has 5 nitrogen and oxygen atoms in total. The van der Waals surface area contributed by atoms with Gasteiger partial charge in [-0.05, 0) is 74.7 Å². The zero-order chi connectivity index (χ0) is 25.5. The molecule has 180 valence electrons. The van der Waals surface area contributed by atoms with Gasteiger partial charge in [-0.2, -0.15) is 0 Å². The van der Waals surface area contributed by atoms with Crippen molar-refractivity contribution >= 4 is 34.1 Å². The van der Waals surface area contributed by atoms with Crippen molar-refractivity contribution in [2.24, 2.45) is 5.73 Å². The molecule has 0 bridgehead atoms. The molecule has 0 aliphatic carbocycles. The van der Waals surface area contributed by atoms with E-state index in [4.69, 9.17) is 17.3 Å². The van der Waals surface area contributed by atoms with Crippen LogP contribution < -0.4 is 11.1 Å². The van der Waals surface area contributed by atoms with Crippen LogP contribution in [0.4, 0.5) is 10.1 Å². The minimum absolute atomic E-state index is 0.230. The monoisotopic (exact) mass is 491 g/mol. The number of fused-ring (bicyclic) bond motifs is 1. The van der Waals surface area contributed by atoms with Crippen molar-refractivity contribution in [2.75, 3.05) is 5.32 Å². The number of carbonyl (C=O) groups excluding carboxylic acids is 1. The van der Waals surface area contributed by atoms with E-state index in [0.717, 1.165) is 27.6 Å². The molecule has 0 aliphatic rings. The van der Waals surface area contributed by atoms with E-state index >= 15 is 0 Å². The first kappa shape index (κ1) is 24.6. The zero-order valence-electron chi connectivity index (χ0n) is 20.0. The first-order valence-electron chi connectivity index (χ1n) is 11.2. The molecule has 35 heavy (non-hydrogen) atoms. The fraction of sp³-hybridized carbons (Fsp3) is 0.214. The first-order chi connectivity index (χ1) is 16.5. The molecular weight excluding hydrogens is 465 g/mol. The van der Waals surface area contributed by atoms with Crippen molar-refractivity contribution in [1.82, 2.24) is 4.98 Å². The second-order valence-corrected chi connectivity index (χ2v) is 9.60. The Balaban J connectivity index is 1.78. The Labute approximate surface area is 208 Å². The lowest BCUT2D eigenvalue weighted by Crippen LogP contribution is -2.15. The van der Waals surface area contributed by atoms with Gasteiger partial charge in [-0.1, -0.05) is 41.9 Å².